The first kappa shape index (κ1) is 12.6. The number of nitrogens with two attached hydrogens (primary N) is 1. The zero-order chi connectivity index (χ0) is 27.5. The van der Waals surface area contributed by atoms with Crippen molar-refractivity contribution in [3.8, 4) is 16.9 Å². The predicted molar refractivity (Wildman–Crippen MR) is 108 cm³/mol. The molecule has 0 aliphatic carbocycles. The van der Waals surface area contributed by atoms with Crippen LogP contribution in [0.1, 0.15) is 44.1 Å². The van der Waals surface area contributed by atoms with Crippen molar-refractivity contribution < 1.29 is 23.5 Å². The Morgan fingerprint density at radius 2 is 2.30 bits per heavy atom. The van der Waals surface area contributed by atoms with Crippen LogP contribution in [0, 0.1) is 12.4 Å². The van der Waals surface area contributed by atoms with Crippen LogP contribution in [0.15, 0.2) is 30.5 Å². The van der Waals surface area contributed by atoms with Crippen molar-refractivity contribution in [3.05, 3.63) is 64.5 Å². The van der Waals surface area contributed by atoms with Gasteiger partial charge in [-0.05, 0) is 36.7 Å². The molecule has 0 unspecified atom stereocenters. The van der Waals surface area contributed by atoms with E-state index < -0.39 is 49.3 Å². The SMILES string of the molecule is [2H]C([2H])([2H])N1Cc2nn(C)c([N+]#[C-])c2-c2cnc(N)c(c2)O[C@@]([2H])(C([2H])([2H])[2H])c2cc(F)ccc2C1=O. The number of aromatic nitrogens is 3. The van der Waals surface area contributed by atoms with E-state index in [2.05, 4.69) is 14.9 Å². The van der Waals surface area contributed by atoms with Crippen LogP contribution < -0.4 is 10.5 Å². The standard InChI is InChI=1S/C21H19FN6O2/c1-11-15-8-13(22)5-6-14(15)21(29)27(3)10-16-18(20(24-2)28(4)26-16)12-7-17(30-11)19(23)25-9-12/h5-9,11H,10H2,1,3-4H3,(H2,23,25)/t11-/m0/s1/i1D3,3D3,11D. The van der Waals surface area contributed by atoms with E-state index >= 15 is 0 Å². The second-order valence-electron chi connectivity index (χ2n) is 6.50. The molecule has 3 aromatic rings. The van der Waals surface area contributed by atoms with Crippen molar-refractivity contribution in [2.75, 3.05) is 12.7 Å². The lowest BCUT2D eigenvalue weighted by Gasteiger charge is -2.23. The van der Waals surface area contributed by atoms with E-state index in [1.165, 1.54) is 24.0 Å². The molecular formula is C21H19FN6O2. The molecule has 0 spiro atoms. The molecule has 2 aromatic heterocycles. The highest BCUT2D eigenvalue weighted by Crippen LogP contribution is 2.38. The monoisotopic (exact) mass is 413 g/mol. The lowest BCUT2D eigenvalue weighted by Crippen LogP contribution is -2.28. The van der Waals surface area contributed by atoms with E-state index in [9.17, 15) is 9.18 Å². The van der Waals surface area contributed by atoms with E-state index in [4.69, 9.17) is 26.6 Å². The summed E-state index contributed by atoms with van der Waals surface area (Å²) in [6.07, 6.45) is -1.88. The topological polar surface area (TPSA) is 90.6 Å². The molecule has 152 valence electrons. The molecule has 3 heterocycles. The molecule has 1 aliphatic rings. The molecule has 2 N–H and O–H groups in total. The molecule has 0 saturated carbocycles. The van der Waals surface area contributed by atoms with Crippen molar-refractivity contribution >= 4 is 17.5 Å². The van der Waals surface area contributed by atoms with Gasteiger partial charge in [-0.3, -0.25) is 4.79 Å². The van der Waals surface area contributed by atoms with E-state index in [1.807, 2.05) is 0 Å². The van der Waals surface area contributed by atoms with Gasteiger partial charge in [-0.2, -0.15) is 0 Å². The van der Waals surface area contributed by atoms with Crippen LogP contribution in [0.3, 0.4) is 0 Å². The van der Waals surface area contributed by atoms with E-state index in [0.29, 0.717) is 11.0 Å². The zero-order valence-corrected chi connectivity index (χ0v) is 15.6. The van der Waals surface area contributed by atoms with Crippen LogP contribution in [0.4, 0.5) is 16.0 Å². The molecule has 2 bridgehead atoms. The average Bonchev–Trinajstić information content (AvgIpc) is 3.11. The quantitative estimate of drug-likeness (QED) is 0.570. The number of fused-ring (bicyclic) bond motifs is 5. The number of hydrogen-bond acceptors (Lipinski definition) is 5. The molecule has 4 rings (SSSR count). The van der Waals surface area contributed by atoms with Gasteiger partial charge in [0.2, 0.25) is 0 Å². The number of benzene rings is 1. The van der Waals surface area contributed by atoms with Gasteiger partial charge in [0.15, 0.2) is 11.6 Å². The van der Waals surface area contributed by atoms with Gasteiger partial charge in [0.1, 0.15) is 17.6 Å². The minimum absolute atomic E-state index is 0.0210. The summed E-state index contributed by atoms with van der Waals surface area (Å²) in [5.41, 5.74) is 4.87. The summed E-state index contributed by atoms with van der Waals surface area (Å²) in [5.74, 6) is -2.94. The van der Waals surface area contributed by atoms with Crippen molar-refractivity contribution in [2.45, 2.75) is 19.5 Å². The summed E-state index contributed by atoms with van der Waals surface area (Å²) in [7, 11) is 1.45. The Morgan fingerprint density at radius 3 is 3.03 bits per heavy atom. The number of hydrogen-bond donors (Lipinski definition) is 1. The van der Waals surface area contributed by atoms with Crippen LogP contribution in [0.2, 0.25) is 0 Å². The normalized spacial score (nSPS) is 22.6. The van der Waals surface area contributed by atoms with Crippen LogP contribution in [-0.4, -0.2) is 32.5 Å². The number of nitrogen functional groups attached to an aromatic ring is 1. The van der Waals surface area contributed by atoms with Gasteiger partial charge in [-0.15, -0.1) is 5.10 Å². The first-order valence-electron chi connectivity index (χ1n) is 12.1. The summed E-state index contributed by atoms with van der Waals surface area (Å²) in [5, 5.41) is 4.23. The second kappa shape index (κ2) is 7.15. The van der Waals surface area contributed by atoms with Gasteiger partial charge in [0, 0.05) is 38.1 Å². The summed E-state index contributed by atoms with van der Waals surface area (Å²) >= 11 is 0. The molecule has 30 heavy (non-hydrogen) atoms. The van der Waals surface area contributed by atoms with Crippen LogP contribution >= 0.6 is 0 Å². The number of amides is 1. The molecule has 1 amide bonds. The van der Waals surface area contributed by atoms with Gasteiger partial charge in [-0.25, -0.2) is 14.1 Å². The van der Waals surface area contributed by atoms with Crippen LogP contribution in [0.5, 0.6) is 5.75 Å². The first-order valence-corrected chi connectivity index (χ1v) is 8.58. The molecule has 0 fully saturated rings. The Kier molecular flexibility index (Phi) is 3.00. The number of carbonyl (C=O) groups is 1. The number of halogens is 1. The van der Waals surface area contributed by atoms with E-state index in [1.54, 1.807) is 0 Å². The number of carbonyl (C=O) groups excluding carboxylic acids is 1. The Labute approximate surface area is 182 Å². The molecule has 1 atom stereocenters. The van der Waals surface area contributed by atoms with Gasteiger partial charge in [-0.1, -0.05) is 6.57 Å². The van der Waals surface area contributed by atoms with Gasteiger partial charge >= 0.3 is 0 Å². The maximum Gasteiger partial charge on any atom is 0.260 e. The summed E-state index contributed by atoms with van der Waals surface area (Å²) < 4.78 is 78.0. The highest BCUT2D eigenvalue weighted by atomic mass is 19.1. The molecule has 9 heteroatoms. The number of pyridine rings is 1. The largest absolute Gasteiger partial charge is 0.482 e. The van der Waals surface area contributed by atoms with Gasteiger partial charge in [0.05, 0.1) is 15.0 Å². The van der Waals surface area contributed by atoms with Gasteiger partial charge in [0.25, 0.3) is 11.7 Å². The Hall–Kier alpha value is -3.93. The number of aryl methyl sites for hydroxylation is 1. The number of rotatable bonds is 0. The lowest BCUT2D eigenvalue weighted by molar-refractivity contribution is 0.0778. The van der Waals surface area contributed by atoms with Crippen molar-refractivity contribution in [3.63, 3.8) is 0 Å². The fraction of sp³-hybridized carbons (Fsp3) is 0.238. The number of anilines is 1. The fourth-order valence-corrected chi connectivity index (χ4v) is 3.20. The predicted octanol–water partition coefficient (Wildman–Crippen LogP) is 3.48. The Balaban J connectivity index is 2.15. The molecule has 0 radical (unpaired) electrons. The van der Waals surface area contributed by atoms with E-state index in [0.717, 1.165) is 12.1 Å². The number of nitrogens with zero attached hydrogens (tertiary/aromatic N) is 5. The smallest absolute Gasteiger partial charge is 0.260 e. The highest BCUT2D eigenvalue weighted by molar-refractivity contribution is 5.96. The van der Waals surface area contributed by atoms with Crippen molar-refractivity contribution in [1.29, 1.82) is 0 Å². The van der Waals surface area contributed by atoms with Crippen molar-refractivity contribution in [2.24, 2.45) is 7.05 Å². The molecule has 1 aromatic carbocycles. The minimum atomic E-state index is -3.33. The second-order valence-corrected chi connectivity index (χ2v) is 6.50. The van der Waals surface area contributed by atoms with Crippen LogP contribution in [-0.2, 0) is 13.6 Å². The van der Waals surface area contributed by atoms with Crippen LogP contribution in [0.25, 0.3) is 16.0 Å². The Morgan fingerprint density at radius 1 is 1.47 bits per heavy atom. The third-order valence-corrected chi connectivity index (χ3v) is 4.59. The summed E-state index contributed by atoms with van der Waals surface area (Å²) in [6, 6.07) is 3.58. The Bertz CT molecular complexity index is 1460. The number of ether oxygens (including phenoxy) is 1. The average molecular weight is 413 g/mol. The van der Waals surface area contributed by atoms with Gasteiger partial charge < -0.3 is 20.2 Å². The van der Waals surface area contributed by atoms with Crippen molar-refractivity contribution in [1.82, 2.24) is 19.7 Å². The maximum absolute atomic E-state index is 14.4. The lowest BCUT2D eigenvalue weighted by atomic mass is 10.0. The molecule has 1 aliphatic heterocycles. The highest BCUT2D eigenvalue weighted by Gasteiger charge is 2.27. The van der Waals surface area contributed by atoms with E-state index in [-0.39, 0.29) is 34.2 Å². The molecule has 0 saturated heterocycles. The first-order chi connectivity index (χ1) is 17.1. The zero-order valence-electron chi connectivity index (χ0n) is 22.6. The fourth-order valence-electron chi connectivity index (χ4n) is 3.20. The third-order valence-electron chi connectivity index (χ3n) is 4.59. The maximum atomic E-state index is 14.4. The third kappa shape index (κ3) is 3.12. The molecular weight excluding hydrogens is 387 g/mol. The summed E-state index contributed by atoms with van der Waals surface area (Å²) in [4.78, 5) is 21.5. The summed E-state index contributed by atoms with van der Waals surface area (Å²) in [6.45, 7) is 0.551. The molecule has 8 nitrogen and oxygen atoms in total. The minimum Gasteiger partial charge on any atom is -0.482 e.